The molecule has 5 heteroatoms. The van der Waals surface area contributed by atoms with E-state index in [2.05, 4.69) is 15.4 Å². The maximum Gasteiger partial charge on any atom is 0.165 e. The highest BCUT2D eigenvalue weighted by Crippen LogP contribution is 2.29. The van der Waals surface area contributed by atoms with Gasteiger partial charge in [-0.2, -0.15) is 5.10 Å². The zero-order valence-corrected chi connectivity index (χ0v) is 11.5. The van der Waals surface area contributed by atoms with Gasteiger partial charge >= 0.3 is 0 Å². The lowest BCUT2D eigenvalue weighted by Gasteiger charge is -2.09. The number of para-hydroxylation sites is 1. The molecule has 2 aromatic heterocycles. The van der Waals surface area contributed by atoms with Gasteiger partial charge in [0.05, 0.1) is 23.6 Å². The third-order valence-electron chi connectivity index (χ3n) is 3.00. The molecule has 5 nitrogen and oxygen atoms in total. The molecule has 20 heavy (non-hydrogen) atoms. The summed E-state index contributed by atoms with van der Waals surface area (Å²) in [6, 6.07) is 9.93. The summed E-state index contributed by atoms with van der Waals surface area (Å²) in [4.78, 5) is 4.61. The molecule has 0 saturated heterocycles. The van der Waals surface area contributed by atoms with E-state index in [1.165, 1.54) is 0 Å². The molecule has 0 atom stereocenters. The van der Waals surface area contributed by atoms with Crippen LogP contribution in [0.3, 0.4) is 0 Å². The molecule has 0 aliphatic rings. The quantitative estimate of drug-likeness (QED) is 0.789. The molecule has 102 valence electrons. The van der Waals surface area contributed by atoms with Gasteiger partial charge in [0, 0.05) is 25.0 Å². The highest BCUT2D eigenvalue weighted by atomic mass is 16.5. The van der Waals surface area contributed by atoms with Crippen molar-refractivity contribution in [2.75, 3.05) is 7.05 Å². The summed E-state index contributed by atoms with van der Waals surface area (Å²) < 4.78 is 7.66. The van der Waals surface area contributed by atoms with Crippen LogP contribution in [0.1, 0.15) is 5.69 Å². The van der Waals surface area contributed by atoms with E-state index in [-0.39, 0.29) is 0 Å². The molecule has 0 amide bonds. The number of hydrogen-bond acceptors (Lipinski definition) is 4. The monoisotopic (exact) mass is 268 g/mol. The molecule has 0 fully saturated rings. The number of fused-ring (bicyclic) bond motifs is 1. The Bertz CT molecular complexity index is 736. The molecule has 3 aromatic rings. The topological polar surface area (TPSA) is 52.0 Å². The summed E-state index contributed by atoms with van der Waals surface area (Å²) >= 11 is 0. The predicted molar refractivity (Wildman–Crippen MR) is 77.8 cm³/mol. The Hall–Kier alpha value is -2.40. The van der Waals surface area contributed by atoms with Crippen molar-refractivity contribution in [2.24, 2.45) is 7.05 Å². The van der Waals surface area contributed by atoms with Crippen molar-refractivity contribution < 1.29 is 4.74 Å². The molecule has 0 radical (unpaired) electrons. The SMILES string of the molecule is CNCc1cc(Oc2cnn(C)c2)c2ccccc2n1. The Morgan fingerprint density at radius 3 is 2.90 bits per heavy atom. The molecular weight excluding hydrogens is 252 g/mol. The largest absolute Gasteiger partial charge is 0.453 e. The molecule has 3 rings (SSSR count). The van der Waals surface area contributed by atoms with Gasteiger partial charge in [-0.15, -0.1) is 0 Å². The molecule has 0 bridgehead atoms. The minimum atomic E-state index is 0.703. The van der Waals surface area contributed by atoms with Crippen LogP contribution in [-0.4, -0.2) is 21.8 Å². The first-order valence-electron chi connectivity index (χ1n) is 6.46. The van der Waals surface area contributed by atoms with Crippen molar-refractivity contribution in [3.63, 3.8) is 0 Å². The summed E-state index contributed by atoms with van der Waals surface area (Å²) in [7, 11) is 3.77. The van der Waals surface area contributed by atoms with Crippen LogP contribution in [0, 0.1) is 0 Å². The molecule has 0 unspecified atom stereocenters. The van der Waals surface area contributed by atoms with Crippen LogP contribution < -0.4 is 10.1 Å². The Labute approximate surface area is 117 Å². The van der Waals surface area contributed by atoms with Crippen LogP contribution in [0.2, 0.25) is 0 Å². The van der Waals surface area contributed by atoms with Gasteiger partial charge in [-0.1, -0.05) is 12.1 Å². The minimum Gasteiger partial charge on any atom is -0.453 e. The smallest absolute Gasteiger partial charge is 0.165 e. The number of aromatic nitrogens is 3. The second-order valence-corrected chi connectivity index (χ2v) is 4.61. The standard InChI is InChI=1S/C15H16N4O/c1-16-8-11-7-15(20-12-9-17-19(2)10-12)13-5-3-4-6-14(13)18-11/h3-7,9-10,16H,8H2,1-2H3. The van der Waals surface area contributed by atoms with Gasteiger partial charge in [0.1, 0.15) is 5.75 Å². The van der Waals surface area contributed by atoms with Crippen molar-refractivity contribution in [1.29, 1.82) is 0 Å². The second kappa shape index (κ2) is 5.30. The lowest BCUT2D eigenvalue weighted by Crippen LogP contribution is -2.07. The number of nitrogens with zero attached hydrogens (tertiary/aromatic N) is 3. The first-order chi connectivity index (χ1) is 9.76. The van der Waals surface area contributed by atoms with E-state index in [0.29, 0.717) is 6.54 Å². The molecule has 1 N–H and O–H groups in total. The first kappa shape index (κ1) is 12.6. The molecule has 0 aliphatic heterocycles. The highest BCUT2D eigenvalue weighted by Gasteiger charge is 2.08. The average Bonchev–Trinajstić information content (AvgIpc) is 2.85. The van der Waals surface area contributed by atoms with E-state index >= 15 is 0 Å². The first-order valence-corrected chi connectivity index (χ1v) is 6.46. The number of hydrogen-bond donors (Lipinski definition) is 1. The van der Waals surface area contributed by atoms with Crippen molar-refractivity contribution in [1.82, 2.24) is 20.1 Å². The summed E-state index contributed by atoms with van der Waals surface area (Å²) in [5.74, 6) is 1.52. The van der Waals surface area contributed by atoms with Crippen LogP contribution in [-0.2, 0) is 13.6 Å². The molecule has 0 aliphatic carbocycles. The lowest BCUT2D eigenvalue weighted by atomic mass is 10.2. The Morgan fingerprint density at radius 1 is 1.30 bits per heavy atom. The lowest BCUT2D eigenvalue weighted by molar-refractivity contribution is 0.486. The van der Waals surface area contributed by atoms with Gasteiger partial charge in [0.25, 0.3) is 0 Å². The van der Waals surface area contributed by atoms with Crippen molar-refractivity contribution in [3.05, 3.63) is 48.4 Å². The fraction of sp³-hybridized carbons (Fsp3) is 0.200. The fourth-order valence-electron chi connectivity index (χ4n) is 2.13. The molecule has 2 heterocycles. The fourth-order valence-corrected chi connectivity index (χ4v) is 2.13. The maximum atomic E-state index is 5.95. The zero-order valence-electron chi connectivity index (χ0n) is 11.5. The van der Waals surface area contributed by atoms with E-state index < -0.39 is 0 Å². The third kappa shape index (κ3) is 2.48. The third-order valence-corrected chi connectivity index (χ3v) is 3.00. The Morgan fingerprint density at radius 2 is 2.15 bits per heavy atom. The predicted octanol–water partition coefficient (Wildman–Crippen LogP) is 2.48. The zero-order chi connectivity index (χ0) is 13.9. The van der Waals surface area contributed by atoms with Gasteiger partial charge in [0.15, 0.2) is 5.75 Å². The summed E-state index contributed by atoms with van der Waals surface area (Å²) in [5.41, 5.74) is 1.88. The number of aryl methyl sites for hydroxylation is 1. The number of pyridine rings is 1. The van der Waals surface area contributed by atoms with Gasteiger partial charge < -0.3 is 10.1 Å². The molecule has 0 spiro atoms. The van der Waals surface area contributed by atoms with Crippen molar-refractivity contribution in [2.45, 2.75) is 6.54 Å². The van der Waals surface area contributed by atoms with Gasteiger partial charge in [-0.25, -0.2) is 0 Å². The van der Waals surface area contributed by atoms with Crippen molar-refractivity contribution in [3.8, 4) is 11.5 Å². The van der Waals surface area contributed by atoms with Crippen LogP contribution in [0.5, 0.6) is 11.5 Å². The average molecular weight is 268 g/mol. The number of nitrogens with one attached hydrogen (secondary N) is 1. The summed E-state index contributed by atoms with van der Waals surface area (Å²) in [5, 5.41) is 8.22. The second-order valence-electron chi connectivity index (χ2n) is 4.61. The minimum absolute atomic E-state index is 0.703. The molecule has 1 aromatic carbocycles. The van der Waals surface area contributed by atoms with Crippen LogP contribution >= 0.6 is 0 Å². The molecule has 0 saturated carbocycles. The van der Waals surface area contributed by atoms with E-state index in [4.69, 9.17) is 4.74 Å². The van der Waals surface area contributed by atoms with Crippen LogP contribution in [0.4, 0.5) is 0 Å². The van der Waals surface area contributed by atoms with E-state index in [0.717, 1.165) is 28.1 Å². The Kier molecular flexibility index (Phi) is 3.35. The highest BCUT2D eigenvalue weighted by molar-refractivity contribution is 5.85. The van der Waals surface area contributed by atoms with E-state index in [1.807, 2.05) is 50.6 Å². The Balaban J connectivity index is 2.06. The number of rotatable bonds is 4. The number of benzene rings is 1. The van der Waals surface area contributed by atoms with Crippen LogP contribution in [0.25, 0.3) is 10.9 Å². The van der Waals surface area contributed by atoms with Gasteiger partial charge in [0.2, 0.25) is 0 Å². The van der Waals surface area contributed by atoms with E-state index in [1.54, 1.807) is 10.9 Å². The summed E-state index contributed by atoms with van der Waals surface area (Å²) in [6.45, 7) is 0.703. The normalized spacial score (nSPS) is 10.9. The van der Waals surface area contributed by atoms with Crippen LogP contribution in [0.15, 0.2) is 42.7 Å². The summed E-state index contributed by atoms with van der Waals surface area (Å²) in [6.07, 6.45) is 3.54. The number of ether oxygens (including phenoxy) is 1. The van der Waals surface area contributed by atoms with E-state index in [9.17, 15) is 0 Å². The van der Waals surface area contributed by atoms with Gasteiger partial charge in [-0.05, 0) is 19.2 Å². The van der Waals surface area contributed by atoms with Gasteiger partial charge in [-0.3, -0.25) is 9.67 Å². The maximum absolute atomic E-state index is 5.95. The molecular formula is C15H16N4O. The van der Waals surface area contributed by atoms with Crippen molar-refractivity contribution >= 4 is 10.9 Å².